The maximum atomic E-state index is 11.8. The highest BCUT2D eigenvalue weighted by Gasteiger charge is 2.30. The van der Waals surface area contributed by atoms with Gasteiger partial charge in [-0.2, -0.15) is 0 Å². The average Bonchev–Trinajstić information content (AvgIpc) is 2.55. The lowest BCUT2D eigenvalue weighted by molar-refractivity contribution is -0.169. The van der Waals surface area contributed by atoms with Gasteiger partial charge in [-0.1, -0.05) is 12.2 Å². The molecular formula is C16H24O6S2. The number of esters is 2. The van der Waals surface area contributed by atoms with Gasteiger partial charge in [0.15, 0.2) is 0 Å². The quantitative estimate of drug-likeness (QED) is 0.372. The standard InChI is InChI=1S/C16H24O6S2/c17-15-13(11-21-15)5-2-1-3-7-23(19)8-4-9-24(20)10-6-14-12-22-16(14)18/h1-2,13-14H,3-12H2. The predicted octanol–water partition coefficient (Wildman–Crippen LogP) is 0.946. The van der Waals surface area contributed by atoms with E-state index < -0.39 is 21.6 Å². The van der Waals surface area contributed by atoms with Crippen LogP contribution in [0.1, 0.15) is 25.7 Å². The first-order chi connectivity index (χ1) is 11.6. The van der Waals surface area contributed by atoms with Crippen molar-refractivity contribution in [2.24, 2.45) is 11.8 Å². The van der Waals surface area contributed by atoms with Crippen molar-refractivity contribution in [3.8, 4) is 0 Å². The molecule has 0 aromatic carbocycles. The minimum Gasteiger partial charge on any atom is -0.464 e. The van der Waals surface area contributed by atoms with Gasteiger partial charge in [0.1, 0.15) is 13.2 Å². The van der Waals surface area contributed by atoms with E-state index in [9.17, 15) is 18.0 Å². The van der Waals surface area contributed by atoms with Crippen LogP contribution in [0.5, 0.6) is 0 Å². The fraction of sp³-hybridized carbons (Fsp3) is 0.750. The molecule has 0 radical (unpaired) electrons. The molecule has 0 bridgehead atoms. The summed E-state index contributed by atoms with van der Waals surface area (Å²) < 4.78 is 33.0. The molecule has 4 atom stereocenters. The summed E-state index contributed by atoms with van der Waals surface area (Å²) in [5.41, 5.74) is 0. The number of carbonyl (C=O) groups is 2. The molecule has 2 fully saturated rings. The first-order valence-corrected chi connectivity index (χ1v) is 11.2. The molecule has 24 heavy (non-hydrogen) atoms. The van der Waals surface area contributed by atoms with Gasteiger partial charge in [-0.05, 0) is 25.7 Å². The number of ether oxygens (including phenoxy) is 2. The zero-order chi connectivity index (χ0) is 17.4. The highest BCUT2D eigenvalue weighted by Crippen LogP contribution is 2.17. The summed E-state index contributed by atoms with van der Waals surface area (Å²) in [5, 5.41) is 0. The summed E-state index contributed by atoms with van der Waals surface area (Å²) in [7, 11) is -1.86. The van der Waals surface area contributed by atoms with Crippen LogP contribution in [-0.4, -0.2) is 56.6 Å². The molecule has 0 N–H and O–H groups in total. The largest absolute Gasteiger partial charge is 0.464 e. The Labute approximate surface area is 147 Å². The van der Waals surface area contributed by atoms with Crippen molar-refractivity contribution < 1.29 is 27.5 Å². The highest BCUT2D eigenvalue weighted by molar-refractivity contribution is 7.85. The van der Waals surface area contributed by atoms with Crippen LogP contribution >= 0.6 is 0 Å². The zero-order valence-corrected chi connectivity index (χ0v) is 15.3. The Balaban J connectivity index is 1.44. The second-order valence-corrected chi connectivity index (χ2v) is 9.38. The molecule has 0 aliphatic carbocycles. The third kappa shape index (κ3) is 6.47. The molecule has 4 unspecified atom stereocenters. The van der Waals surface area contributed by atoms with Crippen LogP contribution in [0.3, 0.4) is 0 Å². The average molecular weight is 376 g/mol. The number of hydrogen-bond acceptors (Lipinski definition) is 6. The van der Waals surface area contributed by atoms with E-state index in [1.54, 1.807) is 0 Å². The highest BCUT2D eigenvalue weighted by atomic mass is 32.2. The zero-order valence-electron chi connectivity index (χ0n) is 13.6. The van der Waals surface area contributed by atoms with E-state index in [4.69, 9.17) is 0 Å². The van der Waals surface area contributed by atoms with E-state index in [0.29, 0.717) is 55.5 Å². The van der Waals surface area contributed by atoms with Crippen LogP contribution in [0.15, 0.2) is 12.2 Å². The molecule has 8 heteroatoms. The van der Waals surface area contributed by atoms with Crippen molar-refractivity contribution in [2.75, 3.05) is 36.2 Å². The number of carbonyl (C=O) groups excluding carboxylic acids is 2. The van der Waals surface area contributed by atoms with Crippen LogP contribution in [0.25, 0.3) is 0 Å². The first kappa shape index (κ1) is 19.3. The first-order valence-electron chi connectivity index (χ1n) is 8.24. The summed E-state index contributed by atoms with van der Waals surface area (Å²) in [5.74, 6) is 1.80. The topological polar surface area (TPSA) is 86.7 Å². The van der Waals surface area contributed by atoms with E-state index in [0.717, 1.165) is 6.42 Å². The molecule has 2 aliphatic rings. The number of hydrogen-bond donors (Lipinski definition) is 0. The van der Waals surface area contributed by atoms with E-state index in [-0.39, 0.29) is 23.8 Å². The van der Waals surface area contributed by atoms with Crippen LogP contribution in [-0.2, 0) is 40.7 Å². The number of rotatable bonds is 12. The SMILES string of the molecule is O=C1OCC1CC=CCCS(=O)CCCS(=O)CCC1COC1=O. The van der Waals surface area contributed by atoms with Crippen molar-refractivity contribution >= 4 is 33.5 Å². The fourth-order valence-corrected chi connectivity index (χ4v) is 4.81. The van der Waals surface area contributed by atoms with Crippen LogP contribution in [0, 0.1) is 11.8 Å². The van der Waals surface area contributed by atoms with Gasteiger partial charge in [0.05, 0.1) is 11.8 Å². The van der Waals surface area contributed by atoms with Crippen molar-refractivity contribution in [1.29, 1.82) is 0 Å². The van der Waals surface area contributed by atoms with E-state index in [1.807, 2.05) is 12.2 Å². The normalized spacial score (nSPS) is 25.5. The van der Waals surface area contributed by atoms with E-state index in [1.165, 1.54) is 0 Å². The third-order valence-corrected chi connectivity index (χ3v) is 6.93. The maximum Gasteiger partial charge on any atom is 0.312 e. The van der Waals surface area contributed by atoms with Gasteiger partial charge in [-0.15, -0.1) is 0 Å². The Kier molecular flexibility index (Phi) is 8.11. The van der Waals surface area contributed by atoms with Crippen LogP contribution in [0.2, 0.25) is 0 Å². The number of cyclic esters (lactones) is 2. The molecule has 2 rings (SSSR count). The summed E-state index contributed by atoms with van der Waals surface area (Å²) in [6.07, 6.45) is 6.61. The Morgan fingerprint density at radius 1 is 0.875 bits per heavy atom. The summed E-state index contributed by atoms with van der Waals surface area (Å²) in [6, 6.07) is 0. The van der Waals surface area contributed by atoms with Crippen LogP contribution < -0.4 is 0 Å². The molecule has 2 heterocycles. The molecule has 0 aromatic heterocycles. The Morgan fingerprint density at radius 3 is 2.04 bits per heavy atom. The Hall–Kier alpha value is -1.02. The second kappa shape index (κ2) is 10.1. The Morgan fingerprint density at radius 2 is 1.50 bits per heavy atom. The molecule has 6 nitrogen and oxygen atoms in total. The molecule has 2 aliphatic heterocycles. The minimum atomic E-state index is -0.952. The van der Waals surface area contributed by atoms with Gasteiger partial charge in [-0.3, -0.25) is 18.0 Å². The summed E-state index contributed by atoms with van der Waals surface area (Å²) in [4.78, 5) is 21.9. The van der Waals surface area contributed by atoms with E-state index >= 15 is 0 Å². The lowest BCUT2D eigenvalue weighted by Gasteiger charge is -2.23. The molecule has 0 spiro atoms. The number of allylic oxidation sites excluding steroid dienone is 2. The van der Waals surface area contributed by atoms with Gasteiger partial charge in [0, 0.05) is 44.6 Å². The van der Waals surface area contributed by atoms with Gasteiger partial charge < -0.3 is 9.47 Å². The molecular weight excluding hydrogens is 352 g/mol. The van der Waals surface area contributed by atoms with Gasteiger partial charge >= 0.3 is 11.9 Å². The van der Waals surface area contributed by atoms with Crippen molar-refractivity contribution in [2.45, 2.75) is 25.7 Å². The maximum absolute atomic E-state index is 11.8. The lowest BCUT2D eigenvalue weighted by atomic mass is 10.0. The lowest BCUT2D eigenvalue weighted by Crippen LogP contribution is -2.35. The third-order valence-electron chi connectivity index (χ3n) is 4.06. The smallest absolute Gasteiger partial charge is 0.312 e. The molecule has 0 saturated carbocycles. The second-order valence-electron chi connectivity index (χ2n) is 5.99. The molecule has 2 saturated heterocycles. The van der Waals surface area contributed by atoms with Crippen molar-refractivity contribution in [1.82, 2.24) is 0 Å². The van der Waals surface area contributed by atoms with Crippen LogP contribution in [0.4, 0.5) is 0 Å². The predicted molar refractivity (Wildman–Crippen MR) is 92.3 cm³/mol. The summed E-state index contributed by atoms with van der Waals surface area (Å²) in [6.45, 7) is 0.962. The molecule has 0 amide bonds. The van der Waals surface area contributed by atoms with Crippen molar-refractivity contribution in [3.63, 3.8) is 0 Å². The Bertz CT molecular complexity index is 531. The van der Waals surface area contributed by atoms with Gasteiger partial charge in [0.2, 0.25) is 0 Å². The fourth-order valence-electron chi connectivity index (χ4n) is 2.34. The molecule has 136 valence electrons. The minimum absolute atomic E-state index is 0.00326. The summed E-state index contributed by atoms with van der Waals surface area (Å²) >= 11 is 0. The monoisotopic (exact) mass is 376 g/mol. The van der Waals surface area contributed by atoms with Crippen molar-refractivity contribution in [3.05, 3.63) is 12.2 Å². The van der Waals surface area contributed by atoms with Gasteiger partial charge in [0.25, 0.3) is 0 Å². The molecule has 0 aromatic rings. The van der Waals surface area contributed by atoms with Gasteiger partial charge in [-0.25, -0.2) is 0 Å². The van der Waals surface area contributed by atoms with E-state index in [2.05, 4.69) is 9.47 Å².